The first-order valence-electron chi connectivity index (χ1n) is 4.62. The van der Waals surface area contributed by atoms with Crippen LogP contribution >= 0.6 is 0 Å². The van der Waals surface area contributed by atoms with E-state index in [1.54, 1.807) is 6.07 Å². The van der Waals surface area contributed by atoms with Crippen molar-refractivity contribution in [2.24, 2.45) is 0 Å². The maximum atomic E-state index is 12.7. The molecule has 1 aromatic carbocycles. The summed E-state index contributed by atoms with van der Waals surface area (Å²) in [5.41, 5.74) is 1.53. The van der Waals surface area contributed by atoms with Crippen LogP contribution in [0.2, 0.25) is 0 Å². The fourth-order valence-electron chi connectivity index (χ4n) is 1.07. The van der Waals surface area contributed by atoms with Gasteiger partial charge in [-0.3, -0.25) is 0 Å². The van der Waals surface area contributed by atoms with Gasteiger partial charge in [-0.25, -0.2) is 9.37 Å². The Balaban J connectivity index is 0.000000461. The average Bonchev–Trinajstić information content (AvgIpc) is 2.21. The maximum Gasteiger partial charge on any atom is 0.124 e. The van der Waals surface area contributed by atoms with Gasteiger partial charge in [-0.15, -0.1) is 0 Å². The zero-order valence-electron chi connectivity index (χ0n) is 8.56. The van der Waals surface area contributed by atoms with Gasteiger partial charge in [-0.05, 0) is 31.2 Å². The summed E-state index contributed by atoms with van der Waals surface area (Å²) >= 11 is 0. The number of benzene rings is 1. The van der Waals surface area contributed by atoms with E-state index in [-0.39, 0.29) is 5.82 Å². The van der Waals surface area contributed by atoms with Crippen LogP contribution in [0.1, 0.15) is 19.5 Å². The second kappa shape index (κ2) is 4.57. The van der Waals surface area contributed by atoms with Crippen LogP contribution in [0.4, 0.5) is 4.39 Å². The molecule has 14 heavy (non-hydrogen) atoms. The molecular weight excluding hydrogens is 177 g/mol. The molecular formula is C12H12FN. The second-order valence-electron chi connectivity index (χ2n) is 2.61. The highest BCUT2D eigenvalue weighted by molar-refractivity contribution is 5.76. The minimum Gasteiger partial charge on any atom is -0.243 e. The van der Waals surface area contributed by atoms with Crippen LogP contribution in [0, 0.1) is 24.9 Å². The minimum absolute atomic E-state index is 0.266. The predicted molar refractivity (Wildman–Crippen MR) is 55.5 cm³/mol. The Morgan fingerprint density at radius 3 is 2.64 bits per heavy atom. The maximum absolute atomic E-state index is 12.7. The van der Waals surface area contributed by atoms with E-state index in [2.05, 4.69) is 17.1 Å². The van der Waals surface area contributed by atoms with Crippen LogP contribution in [0.15, 0.2) is 18.2 Å². The number of fused-ring (bicyclic) bond motifs is 1. The molecule has 0 bridgehead atoms. The van der Waals surface area contributed by atoms with Gasteiger partial charge in [0.1, 0.15) is 5.82 Å². The van der Waals surface area contributed by atoms with Gasteiger partial charge in [0, 0.05) is 0 Å². The van der Waals surface area contributed by atoms with Crippen molar-refractivity contribution in [3.8, 4) is 0 Å². The van der Waals surface area contributed by atoms with Crippen LogP contribution in [0.25, 0.3) is 10.9 Å². The smallest absolute Gasteiger partial charge is 0.124 e. The van der Waals surface area contributed by atoms with Crippen molar-refractivity contribution in [2.45, 2.75) is 20.8 Å². The van der Waals surface area contributed by atoms with Crippen LogP contribution < -0.4 is 0 Å². The fraction of sp³-hybridized carbons (Fsp3) is 0.250. The van der Waals surface area contributed by atoms with Crippen LogP contribution in [0.5, 0.6) is 0 Å². The number of hydrogen-bond acceptors (Lipinski definition) is 1. The molecule has 0 amide bonds. The van der Waals surface area contributed by atoms with Crippen LogP contribution in [-0.2, 0) is 0 Å². The molecule has 1 heterocycles. The number of aryl methyl sites for hydroxylation is 1. The van der Waals surface area contributed by atoms with E-state index < -0.39 is 0 Å². The van der Waals surface area contributed by atoms with Crippen molar-refractivity contribution < 1.29 is 4.39 Å². The van der Waals surface area contributed by atoms with Gasteiger partial charge in [0.05, 0.1) is 16.6 Å². The van der Waals surface area contributed by atoms with Crippen molar-refractivity contribution in [3.05, 3.63) is 41.8 Å². The number of hydrogen-bond donors (Lipinski definition) is 0. The van der Waals surface area contributed by atoms with Gasteiger partial charge in [-0.2, -0.15) is 0 Å². The molecule has 0 saturated heterocycles. The summed E-state index contributed by atoms with van der Waals surface area (Å²) < 4.78 is 12.7. The van der Waals surface area contributed by atoms with E-state index >= 15 is 0 Å². The molecule has 0 aliphatic rings. The third-order valence-corrected chi connectivity index (χ3v) is 1.62. The van der Waals surface area contributed by atoms with Gasteiger partial charge in [0.2, 0.25) is 0 Å². The molecule has 2 aromatic rings. The highest BCUT2D eigenvalue weighted by atomic mass is 19.1. The number of halogens is 1. The predicted octanol–water partition coefficient (Wildman–Crippen LogP) is 3.31. The molecule has 0 saturated carbocycles. The standard InChI is InChI=1S/C10H6FN.C2H6/c1-7-2-3-8-6-9(11)4-5-10(8)12-7;1-2/h4-6H,1H3;1-2H3. The summed E-state index contributed by atoms with van der Waals surface area (Å²) in [5, 5.41) is 0.667. The lowest BCUT2D eigenvalue weighted by Gasteiger charge is -1.93. The molecule has 0 unspecified atom stereocenters. The SMILES string of the molecule is CC.Cc1c#cc2cc(F)ccc2n1. The van der Waals surface area contributed by atoms with Crippen molar-refractivity contribution in [2.75, 3.05) is 0 Å². The van der Waals surface area contributed by atoms with E-state index in [1.165, 1.54) is 12.1 Å². The molecule has 2 heteroatoms. The molecule has 0 atom stereocenters. The number of rotatable bonds is 0. The lowest BCUT2D eigenvalue weighted by molar-refractivity contribution is 0.629. The topological polar surface area (TPSA) is 12.9 Å². The van der Waals surface area contributed by atoms with Gasteiger partial charge in [0.25, 0.3) is 0 Å². The van der Waals surface area contributed by atoms with E-state index in [0.29, 0.717) is 5.39 Å². The molecule has 0 fully saturated rings. The average molecular weight is 189 g/mol. The molecule has 0 aliphatic carbocycles. The molecule has 0 N–H and O–H groups in total. The Labute approximate surface area is 83.6 Å². The lowest BCUT2D eigenvalue weighted by atomic mass is 10.2. The Morgan fingerprint density at radius 1 is 1.21 bits per heavy atom. The zero-order valence-corrected chi connectivity index (χ0v) is 8.56. The molecule has 1 aromatic heterocycles. The molecule has 1 nitrogen and oxygen atoms in total. The van der Waals surface area contributed by atoms with E-state index in [0.717, 1.165) is 11.2 Å². The third kappa shape index (κ3) is 2.20. The van der Waals surface area contributed by atoms with Gasteiger partial charge >= 0.3 is 0 Å². The fourth-order valence-corrected chi connectivity index (χ4v) is 1.07. The Bertz CT molecular complexity index is 382. The Morgan fingerprint density at radius 2 is 1.93 bits per heavy atom. The van der Waals surface area contributed by atoms with E-state index in [4.69, 9.17) is 0 Å². The zero-order chi connectivity index (χ0) is 10.6. The monoisotopic (exact) mass is 189 g/mol. The van der Waals surface area contributed by atoms with E-state index in [9.17, 15) is 4.39 Å². The molecule has 0 spiro atoms. The molecule has 0 radical (unpaired) electrons. The molecule has 2 rings (SSSR count). The number of nitrogens with zero attached hydrogens (tertiary/aromatic N) is 1. The molecule has 0 aliphatic heterocycles. The van der Waals surface area contributed by atoms with E-state index in [1.807, 2.05) is 20.8 Å². The quantitative estimate of drug-likeness (QED) is 0.619. The first kappa shape index (κ1) is 10.5. The minimum atomic E-state index is -0.266. The number of aromatic nitrogens is 1. The third-order valence-electron chi connectivity index (χ3n) is 1.62. The van der Waals surface area contributed by atoms with Gasteiger partial charge in [0.15, 0.2) is 0 Å². The van der Waals surface area contributed by atoms with Crippen LogP contribution in [-0.4, -0.2) is 4.98 Å². The summed E-state index contributed by atoms with van der Waals surface area (Å²) in [4.78, 5) is 4.16. The second-order valence-corrected chi connectivity index (χ2v) is 2.61. The van der Waals surface area contributed by atoms with Crippen molar-refractivity contribution in [1.29, 1.82) is 0 Å². The van der Waals surface area contributed by atoms with Gasteiger partial charge in [-0.1, -0.05) is 19.9 Å². The van der Waals surface area contributed by atoms with Gasteiger partial charge < -0.3 is 0 Å². The van der Waals surface area contributed by atoms with Crippen molar-refractivity contribution in [3.63, 3.8) is 0 Å². The Kier molecular flexibility index (Phi) is 3.41. The summed E-state index contributed by atoms with van der Waals surface area (Å²) in [6.45, 7) is 5.83. The first-order valence-corrected chi connectivity index (χ1v) is 4.62. The highest BCUT2D eigenvalue weighted by Gasteiger charge is 1.95. The van der Waals surface area contributed by atoms with Crippen LogP contribution in [0.3, 0.4) is 0 Å². The molecule has 72 valence electrons. The summed E-state index contributed by atoms with van der Waals surface area (Å²) in [6.07, 6.45) is 0. The largest absolute Gasteiger partial charge is 0.243 e. The normalized spacial score (nSPS) is 8.86. The summed E-state index contributed by atoms with van der Waals surface area (Å²) in [6, 6.07) is 10.1. The lowest BCUT2D eigenvalue weighted by Crippen LogP contribution is -1.81. The highest BCUT2D eigenvalue weighted by Crippen LogP contribution is 2.10. The summed E-state index contributed by atoms with van der Waals surface area (Å²) in [5.74, 6) is -0.266. The van der Waals surface area contributed by atoms with Crippen molar-refractivity contribution in [1.82, 2.24) is 4.98 Å². The first-order chi connectivity index (χ1) is 6.75. The van der Waals surface area contributed by atoms with Crippen molar-refractivity contribution >= 4 is 10.9 Å². The summed E-state index contributed by atoms with van der Waals surface area (Å²) in [7, 11) is 0. The Hall–Kier alpha value is -1.62.